The molecular weight excluding hydrogens is 298 g/mol. The molecule has 0 saturated carbocycles. The Kier molecular flexibility index (Phi) is 4.16. The number of urea groups is 1. The molecule has 9 heteroatoms. The lowest BCUT2D eigenvalue weighted by atomic mass is 9.90. The normalized spacial score (nSPS) is 27.9. The summed E-state index contributed by atoms with van der Waals surface area (Å²) in [5, 5.41) is 9.18. The molecule has 0 aromatic rings. The predicted molar refractivity (Wildman–Crippen MR) is 75.3 cm³/mol. The second-order valence-corrected chi connectivity index (χ2v) is 7.95. The van der Waals surface area contributed by atoms with Crippen molar-refractivity contribution in [2.45, 2.75) is 13.3 Å². The van der Waals surface area contributed by atoms with Gasteiger partial charge < -0.3 is 14.9 Å². The Hall–Kier alpha value is -1.35. The van der Waals surface area contributed by atoms with E-state index < -0.39 is 21.4 Å². The Balaban J connectivity index is 1.93. The van der Waals surface area contributed by atoms with Gasteiger partial charge in [-0.05, 0) is 13.3 Å². The fourth-order valence-corrected chi connectivity index (χ4v) is 3.54. The molecule has 2 heterocycles. The topological polar surface area (TPSA) is 98.2 Å². The number of likely N-dealkylation sites (tertiary alicyclic amines) is 1. The van der Waals surface area contributed by atoms with Crippen molar-refractivity contribution in [3.05, 3.63) is 0 Å². The summed E-state index contributed by atoms with van der Waals surface area (Å²) in [6.07, 6.45) is 1.60. The number of carboxylic acid groups (broad SMARTS) is 1. The number of sulfonamides is 1. The minimum absolute atomic E-state index is 0.201. The van der Waals surface area contributed by atoms with Crippen LogP contribution in [-0.4, -0.2) is 85.2 Å². The zero-order valence-electron chi connectivity index (χ0n) is 12.3. The van der Waals surface area contributed by atoms with E-state index in [1.165, 1.54) is 4.31 Å². The number of carboxylic acids is 1. The van der Waals surface area contributed by atoms with Crippen molar-refractivity contribution in [3.8, 4) is 0 Å². The molecule has 1 N–H and O–H groups in total. The summed E-state index contributed by atoms with van der Waals surface area (Å²) in [5.41, 5.74) is -0.885. The average molecular weight is 319 g/mol. The zero-order valence-corrected chi connectivity index (χ0v) is 13.1. The molecule has 0 aromatic carbocycles. The minimum atomic E-state index is -3.22. The van der Waals surface area contributed by atoms with Gasteiger partial charge in [-0.1, -0.05) is 0 Å². The molecule has 2 aliphatic heterocycles. The molecule has 0 spiro atoms. The van der Waals surface area contributed by atoms with Crippen molar-refractivity contribution >= 4 is 22.0 Å². The van der Waals surface area contributed by atoms with Gasteiger partial charge in [-0.3, -0.25) is 4.79 Å². The lowest BCUT2D eigenvalue weighted by Gasteiger charge is -2.35. The number of rotatable bonds is 2. The van der Waals surface area contributed by atoms with Crippen molar-refractivity contribution in [2.75, 3.05) is 45.5 Å². The van der Waals surface area contributed by atoms with E-state index in [4.69, 9.17) is 0 Å². The number of nitrogens with zero attached hydrogens (tertiary/aromatic N) is 3. The molecule has 2 aliphatic rings. The van der Waals surface area contributed by atoms with Gasteiger partial charge in [0.1, 0.15) is 0 Å². The van der Waals surface area contributed by atoms with Crippen LogP contribution in [0.25, 0.3) is 0 Å². The number of hydrogen-bond acceptors (Lipinski definition) is 4. The van der Waals surface area contributed by atoms with Gasteiger partial charge in [0.25, 0.3) is 0 Å². The predicted octanol–water partition coefficient (Wildman–Crippen LogP) is -0.520. The van der Waals surface area contributed by atoms with Crippen LogP contribution in [0.5, 0.6) is 0 Å². The first-order chi connectivity index (χ1) is 9.63. The van der Waals surface area contributed by atoms with Crippen LogP contribution in [0, 0.1) is 5.41 Å². The summed E-state index contributed by atoms with van der Waals surface area (Å²) in [5.74, 6) is -0.889. The Morgan fingerprint density at radius 3 is 2.05 bits per heavy atom. The third-order valence-corrected chi connectivity index (χ3v) is 5.54. The fourth-order valence-electron chi connectivity index (χ4n) is 2.71. The highest BCUT2D eigenvalue weighted by atomic mass is 32.2. The van der Waals surface area contributed by atoms with Gasteiger partial charge in [0.2, 0.25) is 10.0 Å². The number of hydrogen-bond donors (Lipinski definition) is 1. The SMILES string of the molecule is CC1(C(=O)O)CCN(C(=O)N2CCN(S(C)(=O)=O)CC2)C1. The van der Waals surface area contributed by atoms with Gasteiger partial charge in [-0.25, -0.2) is 13.2 Å². The van der Waals surface area contributed by atoms with Gasteiger partial charge in [-0.2, -0.15) is 4.31 Å². The van der Waals surface area contributed by atoms with Crippen LogP contribution in [0.2, 0.25) is 0 Å². The molecule has 0 aromatic heterocycles. The smallest absolute Gasteiger partial charge is 0.320 e. The molecule has 2 rings (SSSR count). The minimum Gasteiger partial charge on any atom is -0.481 e. The number of piperazine rings is 1. The largest absolute Gasteiger partial charge is 0.481 e. The fraction of sp³-hybridized carbons (Fsp3) is 0.833. The molecule has 1 unspecified atom stereocenters. The van der Waals surface area contributed by atoms with Crippen LogP contribution in [0.15, 0.2) is 0 Å². The molecule has 120 valence electrons. The van der Waals surface area contributed by atoms with Crippen molar-refractivity contribution in [2.24, 2.45) is 5.41 Å². The van der Waals surface area contributed by atoms with E-state index in [1.54, 1.807) is 16.7 Å². The highest BCUT2D eigenvalue weighted by molar-refractivity contribution is 7.88. The third-order valence-electron chi connectivity index (χ3n) is 4.24. The van der Waals surface area contributed by atoms with Crippen LogP contribution in [0.3, 0.4) is 0 Å². The van der Waals surface area contributed by atoms with Gasteiger partial charge >= 0.3 is 12.0 Å². The Morgan fingerprint density at radius 1 is 1.05 bits per heavy atom. The van der Waals surface area contributed by atoms with Crippen LogP contribution in [0.4, 0.5) is 4.79 Å². The first-order valence-electron chi connectivity index (χ1n) is 6.86. The van der Waals surface area contributed by atoms with Crippen molar-refractivity contribution in [1.29, 1.82) is 0 Å². The van der Waals surface area contributed by atoms with Gasteiger partial charge in [-0.15, -0.1) is 0 Å². The van der Waals surface area contributed by atoms with Crippen LogP contribution in [0.1, 0.15) is 13.3 Å². The highest BCUT2D eigenvalue weighted by Gasteiger charge is 2.43. The van der Waals surface area contributed by atoms with Crippen LogP contribution in [-0.2, 0) is 14.8 Å². The molecule has 2 fully saturated rings. The Morgan fingerprint density at radius 2 is 1.62 bits per heavy atom. The second-order valence-electron chi connectivity index (χ2n) is 5.97. The number of amides is 2. The molecule has 8 nitrogen and oxygen atoms in total. The molecule has 21 heavy (non-hydrogen) atoms. The monoisotopic (exact) mass is 319 g/mol. The summed E-state index contributed by atoms with van der Waals surface area (Å²) in [6.45, 7) is 3.52. The standard InChI is InChI=1S/C12H21N3O5S/c1-12(10(16)17)3-4-14(9-12)11(18)13-5-7-15(8-6-13)21(2,19)20/h3-9H2,1-2H3,(H,16,17). The van der Waals surface area contributed by atoms with E-state index in [0.717, 1.165) is 6.26 Å². The first kappa shape index (κ1) is 16.0. The first-order valence-corrected chi connectivity index (χ1v) is 8.71. The Labute approximate surface area is 124 Å². The molecule has 0 bridgehead atoms. The number of carbonyl (C=O) groups is 2. The average Bonchev–Trinajstić information content (AvgIpc) is 2.81. The molecule has 1 atom stereocenters. The summed E-state index contributed by atoms with van der Waals surface area (Å²) in [6, 6.07) is -0.201. The summed E-state index contributed by atoms with van der Waals surface area (Å²) >= 11 is 0. The zero-order chi connectivity index (χ0) is 15.8. The van der Waals surface area contributed by atoms with E-state index in [-0.39, 0.29) is 25.7 Å². The van der Waals surface area contributed by atoms with Crippen LogP contribution >= 0.6 is 0 Å². The van der Waals surface area contributed by atoms with E-state index in [2.05, 4.69) is 0 Å². The van der Waals surface area contributed by atoms with E-state index >= 15 is 0 Å². The van der Waals surface area contributed by atoms with Crippen molar-refractivity contribution in [3.63, 3.8) is 0 Å². The van der Waals surface area contributed by atoms with E-state index in [9.17, 15) is 23.1 Å². The van der Waals surface area contributed by atoms with E-state index in [0.29, 0.717) is 26.1 Å². The maximum Gasteiger partial charge on any atom is 0.320 e. The van der Waals surface area contributed by atoms with Gasteiger partial charge in [0.15, 0.2) is 0 Å². The van der Waals surface area contributed by atoms with Gasteiger partial charge in [0, 0.05) is 39.3 Å². The molecule has 2 amide bonds. The lowest BCUT2D eigenvalue weighted by Crippen LogP contribution is -2.53. The lowest BCUT2D eigenvalue weighted by molar-refractivity contribution is -0.147. The second kappa shape index (κ2) is 5.45. The van der Waals surface area contributed by atoms with Crippen molar-refractivity contribution in [1.82, 2.24) is 14.1 Å². The van der Waals surface area contributed by atoms with E-state index in [1.807, 2.05) is 0 Å². The summed E-state index contributed by atoms with van der Waals surface area (Å²) in [7, 11) is -3.22. The maximum atomic E-state index is 12.4. The molecule has 2 saturated heterocycles. The number of aliphatic carboxylic acids is 1. The molecular formula is C12H21N3O5S. The van der Waals surface area contributed by atoms with Gasteiger partial charge in [0.05, 0.1) is 11.7 Å². The summed E-state index contributed by atoms with van der Waals surface area (Å²) < 4.78 is 24.2. The quantitative estimate of drug-likeness (QED) is 0.738. The highest BCUT2D eigenvalue weighted by Crippen LogP contribution is 2.30. The number of carbonyl (C=O) groups excluding carboxylic acids is 1. The molecule has 0 radical (unpaired) electrons. The third kappa shape index (κ3) is 3.29. The Bertz CT molecular complexity index is 541. The van der Waals surface area contributed by atoms with Crippen LogP contribution < -0.4 is 0 Å². The maximum absolute atomic E-state index is 12.4. The van der Waals surface area contributed by atoms with Crippen molar-refractivity contribution < 1.29 is 23.1 Å². The molecule has 0 aliphatic carbocycles. The summed E-state index contributed by atoms with van der Waals surface area (Å²) in [4.78, 5) is 26.7.